The zero-order valence-electron chi connectivity index (χ0n) is 16.5. The van der Waals surface area contributed by atoms with Crippen molar-refractivity contribution in [1.82, 2.24) is 21.3 Å². The topological polar surface area (TPSA) is 214 Å². The Hall–Kier alpha value is -2.77. The second-order valence-corrected chi connectivity index (χ2v) is 6.95. The summed E-state index contributed by atoms with van der Waals surface area (Å²) < 4.78 is 0. The third-order valence-electron chi connectivity index (χ3n) is 4.52. The quantitative estimate of drug-likeness (QED) is 0.152. The molecular formula is C17H28N4O9. The van der Waals surface area contributed by atoms with Crippen LogP contribution in [0, 0.1) is 0 Å². The van der Waals surface area contributed by atoms with E-state index in [0.29, 0.717) is 13.0 Å². The SMILES string of the molecule is CC(O)C(NC(=O)C(CO)NC(=O)C(CCC(=O)O)NC(=O)C1CCCN1)C(=O)O. The van der Waals surface area contributed by atoms with Gasteiger partial charge in [-0.1, -0.05) is 0 Å². The van der Waals surface area contributed by atoms with Crippen molar-refractivity contribution in [1.29, 1.82) is 0 Å². The van der Waals surface area contributed by atoms with E-state index < -0.39 is 73.0 Å². The van der Waals surface area contributed by atoms with Crippen LogP contribution in [0.2, 0.25) is 0 Å². The van der Waals surface area contributed by atoms with Gasteiger partial charge in [0.1, 0.15) is 12.1 Å². The van der Waals surface area contributed by atoms with Crippen LogP contribution < -0.4 is 21.3 Å². The Morgan fingerprint density at radius 1 is 1.03 bits per heavy atom. The number of carbonyl (C=O) groups is 5. The first kappa shape index (κ1) is 25.3. The van der Waals surface area contributed by atoms with Crippen molar-refractivity contribution < 1.29 is 44.4 Å². The highest BCUT2D eigenvalue weighted by Gasteiger charge is 2.32. The normalized spacial score (nSPS) is 19.8. The van der Waals surface area contributed by atoms with E-state index in [9.17, 15) is 34.2 Å². The summed E-state index contributed by atoms with van der Waals surface area (Å²) in [5.74, 6) is -5.19. The molecule has 0 aromatic rings. The molecule has 0 saturated carbocycles. The number of carboxylic acids is 2. The smallest absolute Gasteiger partial charge is 0.328 e. The fourth-order valence-electron chi connectivity index (χ4n) is 2.83. The summed E-state index contributed by atoms with van der Waals surface area (Å²) >= 11 is 0. The summed E-state index contributed by atoms with van der Waals surface area (Å²) in [5, 5.41) is 46.2. The summed E-state index contributed by atoms with van der Waals surface area (Å²) in [6.45, 7) is 0.873. The Morgan fingerprint density at radius 2 is 1.67 bits per heavy atom. The first-order valence-electron chi connectivity index (χ1n) is 9.44. The van der Waals surface area contributed by atoms with E-state index in [1.165, 1.54) is 0 Å². The molecule has 1 aliphatic heterocycles. The lowest BCUT2D eigenvalue weighted by Gasteiger charge is -2.24. The van der Waals surface area contributed by atoms with Crippen molar-refractivity contribution in [2.75, 3.05) is 13.2 Å². The van der Waals surface area contributed by atoms with E-state index in [0.717, 1.165) is 13.3 Å². The number of aliphatic hydroxyl groups is 2. The molecule has 1 aliphatic rings. The van der Waals surface area contributed by atoms with Gasteiger partial charge in [0.2, 0.25) is 17.7 Å². The van der Waals surface area contributed by atoms with Gasteiger partial charge in [-0.15, -0.1) is 0 Å². The monoisotopic (exact) mass is 432 g/mol. The van der Waals surface area contributed by atoms with Gasteiger partial charge < -0.3 is 41.7 Å². The second-order valence-electron chi connectivity index (χ2n) is 6.95. The molecule has 1 saturated heterocycles. The van der Waals surface area contributed by atoms with Gasteiger partial charge in [0.05, 0.1) is 18.8 Å². The molecule has 0 aliphatic carbocycles. The van der Waals surface area contributed by atoms with Gasteiger partial charge >= 0.3 is 11.9 Å². The first-order valence-corrected chi connectivity index (χ1v) is 9.44. The standard InChI is InChI=1S/C17H28N4O9/c1-8(23)13(17(29)30)21-16(28)11(7-22)20-15(27)10(4-5-12(24)25)19-14(26)9-3-2-6-18-9/h8-11,13,18,22-23H,2-7H2,1H3,(H,19,26)(H,20,27)(H,21,28)(H,24,25)(H,29,30). The van der Waals surface area contributed by atoms with Crippen molar-refractivity contribution in [2.45, 2.75) is 62.9 Å². The van der Waals surface area contributed by atoms with Gasteiger partial charge in [-0.3, -0.25) is 19.2 Å². The average Bonchev–Trinajstić information content (AvgIpc) is 3.21. The number of amides is 3. The van der Waals surface area contributed by atoms with Gasteiger partial charge in [0.15, 0.2) is 6.04 Å². The molecule has 5 atom stereocenters. The minimum atomic E-state index is -1.67. The first-order chi connectivity index (χ1) is 14.1. The van der Waals surface area contributed by atoms with E-state index in [4.69, 9.17) is 10.2 Å². The molecule has 1 rings (SSSR count). The number of carbonyl (C=O) groups excluding carboxylic acids is 3. The Morgan fingerprint density at radius 3 is 2.13 bits per heavy atom. The van der Waals surface area contributed by atoms with Crippen LogP contribution in [0.5, 0.6) is 0 Å². The van der Waals surface area contributed by atoms with Crippen LogP contribution in [0.15, 0.2) is 0 Å². The fourth-order valence-corrected chi connectivity index (χ4v) is 2.83. The minimum absolute atomic E-state index is 0.259. The highest BCUT2D eigenvalue weighted by Crippen LogP contribution is 2.07. The van der Waals surface area contributed by atoms with Crippen LogP contribution in [0.25, 0.3) is 0 Å². The lowest BCUT2D eigenvalue weighted by Crippen LogP contribution is -2.59. The maximum Gasteiger partial charge on any atom is 0.328 e. The molecular weight excluding hydrogens is 404 g/mol. The van der Waals surface area contributed by atoms with Gasteiger partial charge in [0, 0.05) is 6.42 Å². The van der Waals surface area contributed by atoms with Crippen LogP contribution in [0.3, 0.4) is 0 Å². The fraction of sp³-hybridized carbons (Fsp3) is 0.706. The van der Waals surface area contributed by atoms with Gasteiger partial charge in [-0.05, 0) is 32.7 Å². The summed E-state index contributed by atoms with van der Waals surface area (Å²) in [6, 6.07) is -5.05. The van der Waals surface area contributed by atoms with E-state index >= 15 is 0 Å². The van der Waals surface area contributed by atoms with Crippen molar-refractivity contribution in [3.05, 3.63) is 0 Å². The molecule has 13 nitrogen and oxygen atoms in total. The molecule has 0 aromatic heterocycles. The third kappa shape index (κ3) is 7.93. The molecule has 1 fully saturated rings. The molecule has 170 valence electrons. The van der Waals surface area contributed by atoms with E-state index in [2.05, 4.69) is 16.0 Å². The van der Waals surface area contributed by atoms with Crippen molar-refractivity contribution in [2.24, 2.45) is 0 Å². The van der Waals surface area contributed by atoms with Gasteiger partial charge in [-0.25, -0.2) is 4.79 Å². The third-order valence-corrected chi connectivity index (χ3v) is 4.52. The highest BCUT2D eigenvalue weighted by molar-refractivity contribution is 5.94. The van der Waals surface area contributed by atoms with E-state index in [1.54, 1.807) is 0 Å². The summed E-state index contributed by atoms with van der Waals surface area (Å²) in [5.41, 5.74) is 0. The van der Waals surface area contributed by atoms with Crippen molar-refractivity contribution >= 4 is 29.7 Å². The lowest BCUT2D eigenvalue weighted by atomic mass is 10.1. The molecule has 0 aromatic carbocycles. The largest absolute Gasteiger partial charge is 0.481 e. The number of hydrogen-bond acceptors (Lipinski definition) is 8. The number of nitrogens with one attached hydrogen (secondary N) is 4. The van der Waals surface area contributed by atoms with Crippen molar-refractivity contribution in [3.63, 3.8) is 0 Å². The van der Waals surface area contributed by atoms with Gasteiger partial charge in [-0.2, -0.15) is 0 Å². The lowest BCUT2D eigenvalue weighted by molar-refractivity contribution is -0.145. The maximum absolute atomic E-state index is 12.5. The molecule has 13 heteroatoms. The molecule has 30 heavy (non-hydrogen) atoms. The van der Waals surface area contributed by atoms with Crippen LogP contribution in [0.4, 0.5) is 0 Å². The summed E-state index contributed by atoms with van der Waals surface area (Å²) in [7, 11) is 0. The minimum Gasteiger partial charge on any atom is -0.481 e. The summed E-state index contributed by atoms with van der Waals surface area (Å²) in [6.07, 6.45) is -0.815. The predicted octanol–water partition coefficient (Wildman–Crippen LogP) is -3.48. The molecule has 1 heterocycles. The van der Waals surface area contributed by atoms with Crippen molar-refractivity contribution in [3.8, 4) is 0 Å². The Labute approximate surface area is 172 Å². The molecule has 0 spiro atoms. The number of aliphatic carboxylic acids is 2. The van der Waals surface area contributed by atoms with Crippen LogP contribution >= 0.6 is 0 Å². The van der Waals surface area contributed by atoms with Crippen LogP contribution in [-0.4, -0.2) is 93.5 Å². The summed E-state index contributed by atoms with van der Waals surface area (Å²) in [4.78, 5) is 58.9. The zero-order chi connectivity index (χ0) is 22.8. The Balaban J connectivity index is 2.81. The number of hydrogen-bond donors (Lipinski definition) is 8. The maximum atomic E-state index is 12.5. The van der Waals surface area contributed by atoms with Crippen LogP contribution in [-0.2, 0) is 24.0 Å². The van der Waals surface area contributed by atoms with Crippen LogP contribution in [0.1, 0.15) is 32.6 Å². The number of carboxylic acid groups (broad SMARTS) is 2. The zero-order valence-corrected chi connectivity index (χ0v) is 16.5. The Kier molecular flexibility index (Phi) is 10.1. The van der Waals surface area contributed by atoms with Gasteiger partial charge in [0.25, 0.3) is 0 Å². The molecule has 3 amide bonds. The number of aliphatic hydroxyl groups excluding tert-OH is 2. The predicted molar refractivity (Wildman–Crippen MR) is 100 cm³/mol. The molecule has 0 radical (unpaired) electrons. The van der Waals surface area contributed by atoms with E-state index in [1.807, 2.05) is 5.32 Å². The van der Waals surface area contributed by atoms with E-state index in [-0.39, 0.29) is 6.42 Å². The molecule has 0 bridgehead atoms. The molecule has 5 unspecified atom stereocenters. The molecule has 8 N–H and O–H groups in total. The second kappa shape index (κ2) is 12.0. The average molecular weight is 432 g/mol. The Bertz CT molecular complexity index is 649. The number of rotatable bonds is 12. The highest BCUT2D eigenvalue weighted by atomic mass is 16.4.